The monoisotopic (exact) mass is 599 g/mol. The van der Waals surface area contributed by atoms with Gasteiger partial charge in [0.1, 0.15) is 40.6 Å². The summed E-state index contributed by atoms with van der Waals surface area (Å²) in [6, 6.07) is 14.8. The molecule has 0 bridgehead atoms. The van der Waals surface area contributed by atoms with Gasteiger partial charge in [0.25, 0.3) is 0 Å². The maximum Gasteiger partial charge on any atom is 0.329 e. The van der Waals surface area contributed by atoms with E-state index >= 15 is 0 Å². The zero-order valence-electron chi connectivity index (χ0n) is 25.3. The zero-order valence-corrected chi connectivity index (χ0v) is 26.1. The first kappa shape index (κ1) is 32.8. The number of aromatic nitrogens is 1. The minimum atomic E-state index is -4.14. The van der Waals surface area contributed by atoms with Crippen molar-refractivity contribution in [2.24, 2.45) is 5.92 Å². The fraction of sp³-hybridized carbons (Fsp3) is 0.452. The van der Waals surface area contributed by atoms with Gasteiger partial charge in [0.05, 0.1) is 0 Å². The molecule has 2 aromatic carbocycles. The minimum absolute atomic E-state index is 0.0310. The van der Waals surface area contributed by atoms with E-state index < -0.39 is 39.6 Å². The van der Waals surface area contributed by atoms with Gasteiger partial charge in [0.2, 0.25) is 15.9 Å². The lowest BCUT2D eigenvalue weighted by Gasteiger charge is -2.27. The summed E-state index contributed by atoms with van der Waals surface area (Å²) in [7, 11) is -4.14. The van der Waals surface area contributed by atoms with E-state index in [4.69, 9.17) is 14.0 Å². The molecule has 0 fully saturated rings. The van der Waals surface area contributed by atoms with Crippen LogP contribution in [0.3, 0.4) is 0 Å². The predicted octanol–water partition coefficient (Wildman–Crippen LogP) is 4.63. The summed E-state index contributed by atoms with van der Waals surface area (Å²) in [5, 5.41) is 6.46. The zero-order chi connectivity index (χ0) is 31.1. The van der Waals surface area contributed by atoms with E-state index in [0.717, 1.165) is 11.1 Å². The molecule has 0 aliphatic carbocycles. The van der Waals surface area contributed by atoms with E-state index in [1.807, 2.05) is 56.3 Å². The highest BCUT2D eigenvalue weighted by atomic mass is 32.2. The van der Waals surface area contributed by atoms with Gasteiger partial charge in [-0.05, 0) is 70.2 Å². The van der Waals surface area contributed by atoms with Gasteiger partial charge in [0.15, 0.2) is 5.76 Å². The van der Waals surface area contributed by atoms with Crippen LogP contribution in [0.5, 0.6) is 5.75 Å². The number of esters is 1. The van der Waals surface area contributed by atoms with Gasteiger partial charge in [0, 0.05) is 6.42 Å². The third-order valence-corrected chi connectivity index (χ3v) is 7.89. The summed E-state index contributed by atoms with van der Waals surface area (Å²) in [5.74, 6) is -0.524. The third kappa shape index (κ3) is 9.70. The van der Waals surface area contributed by atoms with E-state index in [-0.39, 0.29) is 35.1 Å². The first-order valence-corrected chi connectivity index (χ1v) is 15.4. The molecule has 2 unspecified atom stereocenters. The Morgan fingerprint density at radius 2 is 1.60 bits per heavy atom. The molecule has 0 aliphatic rings. The lowest BCUT2D eigenvalue weighted by molar-refractivity contribution is -0.158. The van der Waals surface area contributed by atoms with E-state index in [2.05, 4.69) is 15.2 Å². The number of hydrogen-bond acceptors (Lipinski definition) is 8. The lowest BCUT2D eigenvalue weighted by atomic mass is 10.0. The molecular formula is C31H41N3O7S. The number of nitrogens with one attached hydrogen (secondary N) is 2. The Labute approximate surface area is 248 Å². The van der Waals surface area contributed by atoms with Gasteiger partial charge in [-0.2, -0.15) is 4.72 Å². The van der Waals surface area contributed by atoms with Crippen molar-refractivity contribution in [2.45, 2.75) is 90.5 Å². The molecule has 10 nitrogen and oxygen atoms in total. The van der Waals surface area contributed by atoms with Crippen LogP contribution in [0, 0.1) is 19.8 Å². The van der Waals surface area contributed by atoms with Gasteiger partial charge in [-0.1, -0.05) is 61.5 Å². The lowest BCUT2D eigenvalue weighted by Crippen LogP contribution is -2.53. The number of amides is 1. The Bertz CT molecular complexity index is 1420. The maximum atomic E-state index is 13.5. The molecule has 0 radical (unpaired) electrons. The largest absolute Gasteiger partial charge is 0.489 e. The maximum absolute atomic E-state index is 13.5. The molecule has 0 saturated carbocycles. The van der Waals surface area contributed by atoms with E-state index in [1.165, 1.54) is 13.8 Å². The van der Waals surface area contributed by atoms with E-state index in [1.54, 1.807) is 32.9 Å². The number of aryl methyl sites for hydroxylation is 2. The molecule has 2 atom stereocenters. The Hall–Kier alpha value is -3.70. The Morgan fingerprint density at radius 1 is 0.952 bits per heavy atom. The van der Waals surface area contributed by atoms with Crippen molar-refractivity contribution in [2.75, 3.05) is 0 Å². The predicted molar refractivity (Wildman–Crippen MR) is 158 cm³/mol. The van der Waals surface area contributed by atoms with Gasteiger partial charge in [-0.25, -0.2) is 13.2 Å². The number of carbonyl (C=O) groups excluding carboxylic acids is 2. The Morgan fingerprint density at radius 3 is 2.14 bits per heavy atom. The molecule has 1 amide bonds. The molecule has 0 saturated heterocycles. The summed E-state index contributed by atoms with van der Waals surface area (Å²) in [5.41, 5.74) is 1.19. The molecule has 11 heteroatoms. The van der Waals surface area contributed by atoms with Gasteiger partial charge >= 0.3 is 5.97 Å². The molecule has 0 spiro atoms. The second-order valence-electron chi connectivity index (χ2n) is 11.7. The molecule has 42 heavy (non-hydrogen) atoms. The number of carbonyl (C=O) groups is 2. The number of ether oxygens (including phenoxy) is 2. The molecule has 0 aliphatic heterocycles. The Kier molecular flexibility index (Phi) is 10.9. The molecule has 1 heterocycles. The highest BCUT2D eigenvalue weighted by Crippen LogP contribution is 2.21. The van der Waals surface area contributed by atoms with Crippen molar-refractivity contribution in [3.63, 3.8) is 0 Å². The van der Waals surface area contributed by atoms with Gasteiger partial charge in [-0.3, -0.25) is 4.79 Å². The first-order valence-electron chi connectivity index (χ1n) is 13.9. The van der Waals surface area contributed by atoms with Crippen LogP contribution in [-0.4, -0.2) is 43.1 Å². The summed E-state index contributed by atoms with van der Waals surface area (Å²) in [6.45, 7) is 12.4. The quantitative estimate of drug-likeness (QED) is 0.271. The number of benzene rings is 2. The van der Waals surface area contributed by atoms with Crippen LogP contribution >= 0.6 is 0 Å². The molecule has 3 aromatic rings. The number of sulfonamides is 1. The number of hydrogen-bond donors (Lipinski definition) is 2. The van der Waals surface area contributed by atoms with Crippen LogP contribution in [0.25, 0.3) is 0 Å². The third-order valence-electron chi connectivity index (χ3n) is 6.18. The summed E-state index contributed by atoms with van der Waals surface area (Å²) in [4.78, 5) is 26.6. The highest BCUT2D eigenvalue weighted by molar-refractivity contribution is 7.89. The molecule has 1 aromatic heterocycles. The summed E-state index contributed by atoms with van der Waals surface area (Å²) < 4.78 is 45.4. The van der Waals surface area contributed by atoms with Crippen molar-refractivity contribution < 1.29 is 32.0 Å². The van der Waals surface area contributed by atoms with Crippen molar-refractivity contribution in [1.82, 2.24) is 15.2 Å². The van der Waals surface area contributed by atoms with Crippen LogP contribution in [0.4, 0.5) is 0 Å². The van der Waals surface area contributed by atoms with Crippen LogP contribution in [0.2, 0.25) is 0 Å². The second kappa shape index (κ2) is 14.0. The van der Waals surface area contributed by atoms with Gasteiger partial charge < -0.3 is 19.3 Å². The van der Waals surface area contributed by atoms with Crippen molar-refractivity contribution in [3.05, 3.63) is 77.2 Å². The fourth-order valence-corrected chi connectivity index (χ4v) is 5.86. The topological polar surface area (TPSA) is 137 Å². The van der Waals surface area contributed by atoms with Crippen LogP contribution in [0.15, 0.2) is 64.0 Å². The van der Waals surface area contributed by atoms with Crippen molar-refractivity contribution >= 4 is 21.9 Å². The van der Waals surface area contributed by atoms with Crippen LogP contribution in [0.1, 0.15) is 63.6 Å². The van der Waals surface area contributed by atoms with Crippen LogP contribution in [-0.2, 0) is 37.4 Å². The standard InChI is InChI=1S/C31H41N3O7S/c1-20(2)17-26(34-42(37,38)28-21(3)33-41-22(28)4)29(35)32-27(30(36)40-31(5,6)7)18-23-13-15-25(16-14-23)39-19-24-11-9-8-10-12-24/h8-16,20,26-27,34H,17-19H2,1-7H3,(H,32,35). The van der Waals surface area contributed by atoms with Crippen molar-refractivity contribution in [1.29, 1.82) is 0 Å². The SMILES string of the molecule is Cc1noc(C)c1S(=O)(=O)NC(CC(C)C)C(=O)NC(Cc1ccc(OCc2ccccc2)cc1)C(=O)OC(C)(C)C. The fourth-order valence-electron chi connectivity index (χ4n) is 4.32. The van der Waals surface area contributed by atoms with E-state index in [9.17, 15) is 18.0 Å². The average molecular weight is 600 g/mol. The minimum Gasteiger partial charge on any atom is -0.489 e. The molecule has 2 N–H and O–H groups in total. The van der Waals surface area contributed by atoms with Crippen molar-refractivity contribution in [3.8, 4) is 5.75 Å². The molecule has 3 rings (SSSR count). The first-order chi connectivity index (χ1) is 19.6. The highest BCUT2D eigenvalue weighted by Gasteiger charge is 2.34. The average Bonchev–Trinajstić information content (AvgIpc) is 3.25. The second-order valence-corrected chi connectivity index (χ2v) is 13.3. The number of nitrogens with zero attached hydrogens (tertiary/aromatic N) is 1. The smallest absolute Gasteiger partial charge is 0.329 e. The normalized spacial score (nSPS) is 13.4. The van der Waals surface area contributed by atoms with E-state index in [0.29, 0.717) is 12.4 Å². The van der Waals surface area contributed by atoms with Gasteiger partial charge in [-0.15, -0.1) is 0 Å². The summed E-state index contributed by atoms with van der Waals surface area (Å²) >= 11 is 0. The van der Waals surface area contributed by atoms with Crippen LogP contribution < -0.4 is 14.8 Å². The Balaban J connectivity index is 1.78. The number of rotatable bonds is 13. The molecule has 228 valence electrons. The molecular weight excluding hydrogens is 558 g/mol. The summed E-state index contributed by atoms with van der Waals surface area (Å²) in [6.07, 6.45) is 0.327.